The average Bonchev–Trinajstić information content (AvgIpc) is 2.55. The molecule has 2 aromatic carbocycles. The van der Waals surface area contributed by atoms with Crippen molar-refractivity contribution < 1.29 is 4.92 Å². The molecule has 2 aromatic rings. The lowest BCUT2D eigenvalue weighted by Gasteiger charge is -2.06. The van der Waals surface area contributed by atoms with Gasteiger partial charge in [0.25, 0.3) is 5.69 Å². The Morgan fingerprint density at radius 2 is 1.61 bits per heavy atom. The van der Waals surface area contributed by atoms with Gasteiger partial charge in [0.05, 0.1) is 10.6 Å². The summed E-state index contributed by atoms with van der Waals surface area (Å²) < 4.78 is 0. The van der Waals surface area contributed by atoms with Gasteiger partial charge in [-0.25, -0.2) is 5.53 Å². The highest BCUT2D eigenvalue weighted by atomic mass is 16.6. The molecule has 0 fully saturated rings. The van der Waals surface area contributed by atoms with Gasteiger partial charge < -0.3 is 0 Å². The van der Waals surface area contributed by atoms with Crippen LogP contribution in [0.25, 0.3) is 12.2 Å². The molecule has 0 aromatic heterocycles. The summed E-state index contributed by atoms with van der Waals surface area (Å²) in [5.74, 6) is 0. The molecule has 0 aliphatic carbocycles. The molecule has 0 spiro atoms. The summed E-state index contributed by atoms with van der Waals surface area (Å²) in [6.07, 6.45) is 3.47. The van der Waals surface area contributed by atoms with Crippen molar-refractivity contribution in [2.24, 2.45) is 5.11 Å². The fourth-order valence-corrected chi connectivity index (χ4v) is 1.98. The Morgan fingerprint density at radius 1 is 1.04 bits per heavy atom. The van der Waals surface area contributed by atoms with Gasteiger partial charge in [0.2, 0.25) is 0 Å². The normalized spacial score (nSPS) is 9.30. The van der Waals surface area contributed by atoms with E-state index in [1.165, 1.54) is 12.1 Å². The number of nitrogens with one attached hydrogen (secondary N) is 1. The van der Waals surface area contributed by atoms with E-state index in [1.807, 2.05) is 26.0 Å². The number of benzene rings is 2. The largest absolute Gasteiger partial charge is 0.269 e. The van der Waals surface area contributed by atoms with Crippen molar-refractivity contribution in [1.82, 2.24) is 0 Å². The van der Waals surface area contributed by atoms with Crippen molar-refractivity contribution in [3.8, 4) is 0 Å². The average molecular weight is 309 g/mol. The van der Waals surface area contributed by atoms with Gasteiger partial charge in [0, 0.05) is 17.7 Å². The molecule has 5 nitrogen and oxygen atoms in total. The molecular weight excluding hydrogens is 290 g/mol. The zero-order valence-corrected chi connectivity index (χ0v) is 13.2. The van der Waals surface area contributed by atoms with Crippen LogP contribution in [0.5, 0.6) is 0 Å². The van der Waals surface area contributed by atoms with E-state index in [4.69, 9.17) is 5.53 Å². The lowest BCUT2D eigenvalue weighted by Crippen LogP contribution is -1.86. The Labute approximate surface area is 135 Å². The van der Waals surface area contributed by atoms with Gasteiger partial charge in [-0.2, -0.15) is 5.11 Å². The third-order valence-electron chi connectivity index (χ3n) is 3.26. The summed E-state index contributed by atoms with van der Waals surface area (Å²) in [6.45, 7) is 11.3. The molecule has 0 radical (unpaired) electrons. The second-order valence-corrected chi connectivity index (χ2v) is 4.84. The van der Waals surface area contributed by atoms with Crippen molar-refractivity contribution in [3.05, 3.63) is 81.9 Å². The predicted molar refractivity (Wildman–Crippen MR) is 94.0 cm³/mol. The van der Waals surface area contributed by atoms with Crippen LogP contribution in [0.15, 0.2) is 54.7 Å². The molecule has 0 atom stereocenters. The smallest absolute Gasteiger partial charge is 0.258 e. The molecule has 0 unspecified atom stereocenters. The Hall–Kier alpha value is -3.08. The summed E-state index contributed by atoms with van der Waals surface area (Å²) in [7, 11) is 0. The van der Waals surface area contributed by atoms with E-state index >= 15 is 0 Å². The SMILES string of the molecule is C=Cc1c(C)ccc(N=N)c1C=C.Cc1ccc([N+](=O)[O-])cc1. The molecule has 0 saturated heterocycles. The van der Waals surface area contributed by atoms with Crippen molar-refractivity contribution in [3.63, 3.8) is 0 Å². The molecule has 23 heavy (non-hydrogen) atoms. The van der Waals surface area contributed by atoms with Crippen molar-refractivity contribution in [1.29, 1.82) is 5.53 Å². The van der Waals surface area contributed by atoms with E-state index in [2.05, 4.69) is 18.3 Å². The Kier molecular flexibility index (Phi) is 6.55. The summed E-state index contributed by atoms with van der Waals surface area (Å²) in [5, 5.41) is 13.5. The number of rotatable bonds is 4. The first-order chi connectivity index (χ1) is 10.9. The van der Waals surface area contributed by atoms with Gasteiger partial charge in [-0.15, -0.1) is 0 Å². The number of hydrogen-bond donors (Lipinski definition) is 1. The first kappa shape index (κ1) is 18.0. The third-order valence-corrected chi connectivity index (χ3v) is 3.26. The van der Waals surface area contributed by atoms with Crippen molar-refractivity contribution in [2.75, 3.05) is 0 Å². The van der Waals surface area contributed by atoms with Gasteiger partial charge in [0.1, 0.15) is 0 Å². The second-order valence-electron chi connectivity index (χ2n) is 4.84. The zero-order valence-electron chi connectivity index (χ0n) is 13.2. The molecule has 0 aliphatic rings. The molecule has 0 bridgehead atoms. The fourth-order valence-electron chi connectivity index (χ4n) is 1.98. The number of hydrogen-bond acceptors (Lipinski definition) is 4. The van der Waals surface area contributed by atoms with Gasteiger partial charge >= 0.3 is 0 Å². The second kappa shape index (κ2) is 8.38. The highest BCUT2D eigenvalue weighted by Crippen LogP contribution is 2.27. The maximum absolute atomic E-state index is 10.1. The topological polar surface area (TPSA) is 79.3 Å². The van der Waals surface area contributed by atoms with Crippen LogP contribution < -0.4 is 0 Å². The number of nitro groups is 1. The highest BCUT2D eigenvalue weighted by molar-refractivity contribution is 5.74. The first-order valence-corrected chi connectivity index (χ1v) is 6.91. The molecule has 5 heteroatoms. The fraction of sp³-hybridized carbons (Fsp3) is 0.111. The van der Waals surface area contributed by atoms with Gasteiger partial charge in [-0.3, -0.25) is 10.1 Å². The first-order valence-electron chi connectivity index (χ1n) is 6.91. The number of aryl methyl sites for hydroxylation is 2. The summed E-state index contributed by atoms with van der Waals surface area (Å²) in [4.78, 5) is 9.71. The minimum absolute atomic E-state index is 0.144. The summed E-state index contributed by atoms with van der Waals surface area (Å²) in [6, 6.07) is 10.2. The van der Waals surface area contributed by atoms with Crippen LogP contribution in [-0.4, -0.2) is 4.92 Å². The predicted octanol–water partition coefficient (Wildman–Crippen LogP) is 5.85. The molecule has 2 rings (SSSR count). The molecule has 118 valence electrons. The zero-order chi connectivity index (χ0) is 17.4. The Morgan fingerprint density at radius 3 is 2.04 bits per heavy atom. The van der Waals surface area contributed by atoms with Gasteiger partial charge in [-0.1, -0.05) is 49.1 Å². The number of nitrogens with zero attached hydrogens (tertiary/aromatic N) is 2. The Bertz CT molecular complexity index is 735. The van der Waals surface area contributed by atoms with E-state index in [1.54, 1.807) is 24.3 Å². The summed E-state index contributed by atoms with van der Waals surface area (Å²) in [5.41, 5.74) is 11.8. The molecule has 0 heterocycles. The quantitative estimate of drug-likeness (QED) is 0.437. The molecule has 0 saturated carbocycles. The molecular formula is C18H19N3O2. The molecule has 0 aliphatic heterocycles. The third kappa shape index (κ3) is 4.71. The minimum atomic E-state index is -0.403. The Balaban J connectivity index is 0.000000238. The van der Waals surface area contributed by atoms with Crippen LogP contribution in [-0.2, 0) is 0 Å². The van der Waals surface area contributed by atoms with E-state index in [9.17, 15) is 10.1 Å². The summed E-state index contributed by atoms with van der Waals surface area (Å²) >= 11 is 0. The van der Waals surface area contributed by atoms with Gasteiger partial charge in [0.15, 0.2) is 0 Å². The van der Waals surface area contributed by atoms with Crippen molar-refractivity contribution >= 4 is 23.5 Å². The van der Waals surface area contributed by atoms with E-state index < -0.39 is 4.92 Å². The maximum atomic E-state index is 10.1. The molecule has 0 amide bonds. The van der Waals surface area contributed by atoms with Crippen LogP contribution in [0.2, 0.25) is 0 Å². The lowest BCUT2D eigenvalue weighted by molar-refractivity contribution is -0.384. The highest BCUT2D eigenvalue weighted by Gasteiger charge is 2.04. The maximum Gasteiger partial charge on any atom is 0.269 e. The van der Waals surface area contributed by atoms with Crippen LogP contribution in [0.3, 0.4) is 0 Å². The van der Waals surface area contributed by atoms with E-state index in [-0.39, 0.29) is 5.69 Å². The van der Waals surface area contributed by atoms with E-state index in [0.717, 1.165) is 22.3 Å². The minimum Gasteiger partial charge on any atom is -0.258 e. The lowest BCUT2D eigenvalue weighted by atomic mass is 10.0. The number of nitro benzene ring substituents is 1. The van der Waals surface area contributed by atoms with Crippen LogP contribution >= 0.6 is 0 Å². The van der Waals surface area contributed by atoms with Crippen molar-refractivity contribution in [2.45, 2.75) is 13.8 Å². The van der Waals surface area contributed by atoms with Gasteiger partial charge in [-0.05, 0) is 31.0 Å². The number of non-ortho nitro benzene ring substituents is 1. The van der Waals surface area contributed by atoms with Crippen LogP contribution in [0, 0.1) is 29.5 Å². The van der Waals surface area contributed by atoms with E-state index in [0.29, 0.717) is 5.69 Å². The van der Waals surface area contributed by atoms with Crippen LogP contribution in [0.1, 0.15) is 22.3 Å². The molecule has 1 N–H and O–H groups in total. The van der Waals surface area contributed by atoms with Crippen LogP contribution in [0.4, 0.5) is 11.4 Å². The standard InChI is InChI=1S/C11H12N2.C7H7NO2/c1-4-9-8(3)6-7-11(13-12)10(9)5-2;1-6-2-4-7(5-3-6)8(9)10/h4-7,12H,1-2H2,3H3;2-5H,1H3. The monoisotopic (exact) mass is 309 g/mol.